The van der Waals surface area contributed by atoms with Gasteiger partial charge < -0.3 is 0 Å². The fourth-order valence-electron chi connectivity index (χ4n) is 4.69. The van der Waals surface area contributed by atoms with Crippen molar-refractivity contribution in [2.75, 3.05) is 0 Å². The van der Waals surface area contributed by atoms with Crippen LogP contribution >= 0.6 is 0 Å². The maximum Gasteiger partial charge on any atom is 0.241 e. The van der Waals surface area contributed by atoms with Gasteiger partial charge in [-0.2, -0.15) is 0 Å². The van der Waals surface area contributed by atoms with Crippen molar-refractivity contribution in [1.82, 2.24) is 4.98 Å². The number of benzene rings is 1. The first-order chi connectivity index (χ1) is 14.3. The molecular formula is C27H45N2+. The van der Waals surface area contributed by atoms with Crippen LogP contribution in [0.4, 0.5) is 0 Å². The van der Waals surface area contributed by atoms with Gasteiger partial charge in [0.1, 0.15) is 18.4 Å². The van der Waals surface area contributed by atoms with E-state index in [9.17, 15) is 0 Å². The summed E-state index contributed by atoms with van der Waals surface area (Å²) in [6.07, 6.45) is 25.6. The molecule has 0 aliphatic carbocycles. The second-order valence-corrected chi connectivity index (χ2v) is 8.84. The van der Waals surface area contributed by atoms with Gasteiger partial charge in [-0.1, -0.05) is 108 Å². The highest BCUT2D eigenvalue weighted by molar-refractivity contribution is 5.15. The summed E-state index contributed by atoms with van der Waals surface area (Å²) in [5.74, 6) is 0.710. The summed E-state index contributed by atoms with van der Waals surface area (Å²) < 4.78 is 2.44. The molecule has 1 N–H and O–H groups in total. The van der Waals surface area contributed by atoms with E-state index in [1.165, 1.54) is 95.5 Å². The molecule has 2 rings (SSSR count). The van der Waals surface area contributed by atoms with Gasteiger partial charge in [0.05, 0.1) is 0 Å². The van der Waals surface area contributed by atoms with Gasteiger partial charge in [0.15, 0.2) is 0 Å². The molecule has 162 valence electrons. The van der Waals surface area contributed by atoms with Crippen LogP contribution in [0.5, 0.6) is 0 Å². The molecule has 2 aromatic rings. The van der Waals surface area contributed by atoms with Crippen molar-refractivity contribution in [3.63, 3.8) is 0 Å². The fraction of sp³-hybridized carbons (Fsp3) is 0.667. The number of hydrogen-bond acceptors (Lipinski definition) is 0. The third-order valence-electron chi connectivity index (χ3n) is 6.35. The van der Waals surface area contributed by atoms with Gasteiger partial charge in [0.2, 0.25) is 6.33 Å². The van der Waals surface area contributed by atoms with Crippen LogP contribution in [0.3, 0.4) is 0 Å². The van der Waals surface area contributed by atoms with E-state index in [2.05, 4.69) is 72.5 Å². The molecule has 2 nitrogen and oxygen atoms in total. The summed E-state index contributed by atoms with van der Waals surface area (Å²) in [4.78, 5) is 3.27. The first kappa shape index (κ1) is 23.7. The summed E-state index contributed by atoms with van der Waals surface area (Å²) in [6, 6.07) is 11.7. The van der Waals surface area contributed by atoms with Crippen molar-refractivity contribution in [2.24, 2.45) is 5.92 Å². The molecule has 0 bridgehead atoms. The molecule has 0 amide bonds. The number of H-pyrrole nitrogens is 1. The van der Waals surface area contributed by atoms with E-state index in [0.29, 0.717) is 12.0 Å². The number of hydrogen-bond donors (Lipinski definition) is 1. The molecule has 2 unspecified atom stereocenters. The van der Waals surface area contributed by atoms with Gasteiger partial charge in [-0.3, -0.25) is 4.98 Å². The number of aromatic amines is 1. The van der Waals surface area contributed by atoms with E-state index in [0.717, 1.165) is 0 Å². The van der Waals surface area contributed by atoms with Crippen molar-refractivity contribution in [3.8, 4) is 0 Å². The zero-order valence-electron chi connectivity index (χ0n) is 19.1. The standard InChI is InChI=1S/C27H44N2/c1-3-5-6-7-8-9-10-11-12-16-20-27(29-22-21-28-24-29)26(17-4-2)23-25-18-14-13-15-19-25/h13-15,18-19,21-22,24,26-27H,3-12,16-17,20,23H2,1-2H3/p+1. The van der Waals surface area contributed by atoms with Crippen molar-refractivity contribution >= 4 is 0 Å². The molecule has 0 aliphatic heterocycles. The van der Waals surface area contributed by atoms with Crippen LogP contribution in [-0.2, 0) is 6.42 Å². The normalized spacial score (nSPS) is 13.4. The lowest BCUT2D eigenvalue weighted by molar-refractivity contribution is -0.730. The van der Waals surface area contributed by atoms with Crippen LogP contribution in [0.15, 0.2) is 49.1 Å². The number of nitrogens with zero attached hydrogens (tertiary/aromatic N) is 1. The Balaban J connectivity index is 1.78. The lowest BCUT2D eigenvalue weighted by Gasteiger charge is -2.25. The second kappa shape index (κ2) is 15.3. The van der Waals surface area contributed by atoms with Crippen molar-refractivity contribution in [2.45, 2.75) is 110 Å². The molecule has 0 radical (unpaired) electrons. The third kappa shape index (κ3) is 9.65. The Morgan fingerprint density at radius 1 is 0.759 bits per heavy atom. The molecule has 0 spiro atoms. The highest BCUT2D eigenvalue weighted by atomic mass is 15.1. The smallest absolute Gasteiger partial charge is 0.241 e. The zero-order valence-corrected chi connectivity index (χ0v) is 19.1. The average Bonchev–Trinajstić information content (AvgIpc) is 3.27. The lowest BCUT2D eigenvalue weighted by atomic mass is 9.85. The Labute approximate surface area is 180 Å². The van der Waals surface area contributed by atoms with Gasteiger partial charge >= 0.3 is 0 Å². The predicted molar refractivity (Wildman–Crippen MR) is 125 cm³/mol. The van der Waals surface area contributed by atoms with Crippen LogP contribution < -0.4 is 4.57 Å². The second-order valence-electron chi connectivity index (χ2n) is 8.84. The van der Waals surface area contributed by atoms with Gasteiger partial charge in [0, 0.05) is 5.92 Å². The predicted octanol–water partition coefficient (Wildman–Crippen LogP) is 7.81. The Bertz CT molecular complexity index is 590. The number of imidazole rings is 1. The fourth-order valence-corrected chi connectivity index (χ4v) is 4.69. The van der Waals surface area contributed by atoms with Crippen LogP contribution in [0, 0.1) is 5.92 Å². The van der Waals surface area contributed by atoms with E-state index in [1.54, 1.807) is 0 Å². The summed E-state index contributed by atoms with van der Waals surface area (Å²) in [5, 5.41) is 0. The van der Waals surface area contributed by atoms with E-state index in [4.69, 9.17) is 0 Å². The highest BCUT2D eigenvalue weighted by Crippen LogP contribution is 2.28. The SMILES string of the molecule is CCCCCCCCCCCCC(C(CCC)Cc1ccccc1)[n+]1cc[nH]c1. The van der Waals surface area contributed by atoms with E-state index in [1.807, 2.05) is 0 Å². The Hall–Kier alpha value is -1.57. The minimum Gasteiger partial charge on any atom is -0.250 e. The Kier molecular flexibility index (Phi) is 12.5. The van der Waals surface area contributed by atoms with Crippen molar-refractivity contribution < 1.29 is 4.57 Å². The van der Waals surface area contributed by atoms with Gasteiger partial charge in [-0.05, 0) is 31.2 Å². The Morgan fingerprint density at radius 2 is 1.41 bits per heavy atom. The minimum atomic E-state index is 0.607. The summed E-state index contributed by atoms with van der Waals surface area (Å²) in [5.41, 5.74) is 1.48. The first-order valence-electron chi connectivity index (χ1n) is 12.4. The summed E-state index contributed by atoms with van der Waals surface area (Å²) >= 11 is 0. The molecular weight excluding hydrogens is 352 g/mol. The molecule has 1 heterocycles. The Morgan fingerprint density at radius 3 is 2.00 bits per heavy atom. The zero-order chi connectivity index (χ0) is 20.6. The molecule has 0 aliphatic rings. The molecule has 0 saturated carbocycles. The molecule has 29 heavy (non-hydrogen) atoms. The van der Waals surface area contributed by atoms with Crippen LogP contribution in [0.2, 0.25) is 0 Å². The molecule has 2 heteroatoms. The molecule has 1 aromatic heterocycles. The summed E-state index contributed by atoms with van der Waals surface area (Å²) in [7, 11) is 0. The monoisotopic (exact) mass is 397 g/mol. The topological polar surface area (TPSA) is 19.7 Å². The summed E-state index contributed by atoms with van der Waals surface area (Å²) in [6.45, 7) is 4.63. The van der Waals surface area contributed by atoms with Crippen molar-refractivity contribution in [1.29, 1.82) is 0 Å². The lowest BCUT2D eigenvalue weighted by Crippen LogP contribution is -2.42. The largest absolute Gasteiger partial charge is 0.250 e. The molecule has 0 saturated heterocycles. The highest BCUT2D eigenvalue weighted by Gasteiger charge is 2.26. The van der Waals surface area contributed by atoms with Crippen LogP contribution in [-0.4, -0.2) is 4.98 Å². The van der Waals surface area contributed by atoms with Crippen LogP contribution in [0.1, 0.15) is 109 Å². The van der Waals surface area contributed by atoms with Gasteiger partial charge in [0.25, 0.3) is 0 Å². The minimum absolute atomic E-state index is 0.607. The first-order valence-corrected chi connectivity index (χ1v) is 12.4. The van der Waals surface area contributed by atoms with E-state index in [-0.39, 0.29) is 0 Å². The number of unbranched alkanes of at least 4 members (excludes halogenated alkanes) is 9. The van der Waals surface area contributed by atoms with Crippen LogP contribution in [0.25, 0.3) is 0 Å². The van der Waals surface area contributed by atoms with Crippen molar-refractivity contribution in [3.05, 3.63) is 54.6 Å². The quantitative estimate of drug-likeness (QED) is 0.207. The molecule has 1 aromatic carbocycles. The van der Waals surface area contributed by atoms with Gasteiger partial charge in [-0.15, -0.1) is 0 Å². The maximum absolute atomic E-state index is 3.27. The maximum atomic E-state index is 3.27. The molecule has 2 atom stereocenters. The number of aromatic nitrogens is 2. The number of rotatable bonds is 17. The molecule has 0 fully saturated rings. The van der Waals surface area contributed by atoms with E-state index >= 15 is 0 Å². The third-order valence-corrected chi connectivity index (χ3v) is 6.35. The average molecular weight is 398 g/mol. The van der Waals surface area contributed by atoms with E-state index < -0.39 is 0 Å². The number of nitrogens with one attached hydrogen (secondary N) is 1. The van der Waals surface area contributed by atoms with Gasteiger partial charge in [-0.25, -0.2) is 4.57 Å².